The standard InChI is InChI=1S/C23H31N3O3S/c1-18-11-12-19(15-22(18)30(28,29)26-13-7-4-8-14-26)23(27)24-16-20-9-5-6-10-21(20)17-25(2)3/h5-6,9-12,15H,4,7-8,13-14,16-17H2,1-3H3,(H,24,27)/p+1. The molecule has 0 aliphatic carbocycles. The van der Waals surface area contributed by atoms with Gasteiger partial charge in [-0.2, -0.15) is 4.31 Å². The third-order valence-corrected chi connectivity index (χ3v) is 7.53. The zero-order chi connectivity index (χ0) is 21.7. The minimum absolute atomic E-state index is 0.230. The van der Waals surface area contributed by atoms with E-state index in [0.717, 1.165) is 31.4 Å². The summed E-state index contributed by atoms with van der Waals surface area (Å²) < 4.78 is 27.7. The van der Waals surface area contributed by atoms with Gasteiger partial charge in [0.2, 0.25) is 10.0 Å². The van der Waals surface area contributed by atoms with E-state index in [0.29, 0.717) is 30.8 Å². The minimum atomic E-state index is -3.59. The molecule has 0 unspecified atom stereocenters. The topological polar surface area (TPSA) is 70.9 Å². The van der Waals surface area contributed by atoms with Gasteiger partial charge < -0.3 is 10.2 Å². The van der Waals surface area contributed by atoms with Gasteiger partial charge >= 0.3 is 0 Å². The number of hydrogen-bond acceptors (Lipinski definition) is 3. The second-order valence-electron chi connectivity index (χ2n) is 8.28. The molecule has 7 heteroatoms. The van der Waals surface area contributed by atoms with E-state index in [2.05, 4.69) is 25.5 Å². The lowest BCUT2D eigenvalue weighted by Crippen LogP contribution is -3.04. The highest BCUT2D eigenvalue weighted by Gasteiger charge is 2.28. The molecule has 2 aromatic carbocycles. The van der Waals surface area contributed by atoms with Crippen molar-refractivity contribution in [1.82, 2.24) is 9.62 Å². The fourth-order valence-electron chi connectivity index (χ4n) is 3.82. The summed E-state index contributed by atoms with van der Waals surface area (Å²) in [5, 5.41) is 2.95. The number of rotatable bonds is 7. The van der Waals surface area contributed by atoms with Crippen LogP contribution >= 0.6 is 0 Å². The predicted molar refractivity (Wildman–Crippen MR) is 118 cm³/mol. The van der Waals surface area contributed by atoms with Gasteiger partial charge in [0.15, 0.2) is 0 Å². The number of hydrogen-bond donors (Lipinski definition) is 2. The van der Waals surface area contributed by atoms with Gasteiger partial charge in [0.25, 0.3) is 5.91 Å². The highest BCUT2D eigenvalue weighted by molar-refractivity contribution is 7.89. The molecule has 30 heavy (non-hydrogen) atoms. The summed E-state index contributed by atoms with van der Waals surface area (Å²) in [5.74, 6) is -0.267. The van der Waals surface area contributed by atoms with Crippen LogP contribution in [0.25, 0.3) is 0 Å². The lowest BCUT2D eigenvalue weighted by molar-refractivity contribution is -0.872. The largest absolute Gasteiger partial charge is 0.348 e. The van der Waals surface area contributed by atoms with Crippen LogP contribution in [0.3, 0.4) is 0 Å². The summed E-state index contributed by atoms with van der Waals surface area (Å²) in [5.41, 5.74) is 3.29. The molecule has 2 aromatic rings. The first-order chi connectivity index (χ1) is 14.3. The first kappa shape index (κ1) is 22.5. The molecular weight excluding hydrogens is 398 g/mol. The van der Waals surface area contributed by atoms with Crippen molar-refractivity contribution in [3.8, 4) is 0 Å². The van der Waals surface area contributed by atoms with Crippen LogP contribution in [0.15, 0.2) is 47.4 Å². The van der Waals surface area contributed by atoms with Crippen LogP contribution in [-0.2, 0) is 23.1 Å². The predicted octanol–water partition coefficient (Wildman–Crippen LogP) is 1.74. The number of sulfonamides is 1. The summed E-state index contributed by atoms with van der Waals surface area (Å²) in [6, 6.07) is 13.0. The van der Waals surface area contributed by atoms with Crippen molar-refractivity contribution < 1.29 is 18.1 Å². The average molecular weight is 431 g/mol. The summed E-state index contributed by atoms with van der Waals surface area (Å²) in [4.78, 5) is 14.3. The Hall–Kier alpha value is -2.22. The summed E-state index contributed by atoms with van der Waals surface area (Å²) in [7, 11) is 0.593. The van der Waals surface area contributed by atoms with E-state index in [4.69, 9.17) is 0 Å². The molecule has 1 heterocycles. The molecule has 162 valence electrons. The number of nitrogens with one attached hydrogen (secondary N) is 2. The number of carbonyl (C=O) groups excluding carboxylic acids is 1. The van der Waals surface area contributed by atoms with E-state index in [1.54, 1.807) is 23.4 Å². The lowest BCUT2D eigenvalue weighted by atomic mass is 10.1. The van der Waals surface area contributed by atoms with Crippen molar-refractivity contribution in [2.24, 2.45) is 0 Å². The van der Waals surface area contributed by atoms with E-state index in [9.17, 15) is 13.2 Å². The number of aryl methyl sites for hydroxylation is 1. The second kappa shape index (κ2) is 9.73. The summed E-state index contributed by atoms with van der Waals surface area (Å²) in [6.07, 6.45) is 2.82. The van der Waals surface area contributed by atoms with Gasteiger partial charge in [-0.3, -0.25) is 4.79 Å². The average Bonchev–Trinajstić information content (AvgIpc) is 2.73. The fourth-order valence-corrected chi connectivity index (χ4v) is 5.59. The Kier molecular flexibility index (Phi) is 7.28. The highest BCUT2D eigenvalue weighted by Crippen LogP contribution is 2.24. The lowest BCUT2D eigenvalue weighted by Gasteiger charge is -2.26. The van der Waals surface area contributed by atoms with E-state index in [-0.39, 0.29) is 10.8 Å². The zero-order valence-corrected chi connectivity index (χ0v) is 18.9. The molecule has 0 spiro atoms. The van der Waals surface area contributed by atoms with Crippen LogP contribution in [0.5, 0.6) is 0 Å². The van der Waals surface area contributed by atoms with Crippen molar-refractivity contribution in [3.05, 3.63) is 64.7 Å². The van der Waals surface area contributed by atoms with Gasteiger partial charge in [-0.25, -0.2) is 8.42 Å². The number of quaternary nitrogens is 1. The van der Waals surface area contributed by atoms with Crippen LogP contribution in [0, 0.1) is 6.92 Å². The number of amides is 1. The van der Waals surface area contributed by atoms with E-state index >= 15 is 0 Å². The molecule has 1 amide bonds. The number of nitrogens with zero attached hydrogens (tertiary/aromatic N) is 1. The molecule has 1 saturated heterocycles. The van der Waals surface area contributed by atoms with Gasteiger partial charge in [-0.05, 0) is 43.0 Å². The Balaban J connectivity index is 1.77. The van der Waals surface area contributed by atoms with Gasteiger partial charge in [0.05, 0.1) is 19.0 Å². The SMILES string of the molecule is Cc1ccc(C(=O)NCc2ccccc2C[NH+](C)C)cc1S(=O)(=O)N1CCCCC1. The van der Waals surface area contributed by atoms with Crippen molar-refractivity contribution in [2.45, 2.75) is 44.2 Å². The van der Waals surface area contributed by atoms with Crippen molar-refractivity contribution >= 4 is 15.9 Å². The van der Waals surface area contributed by atoms with Crippen LogP contribution in [0.4, 0.5) is 0 Å². The molecule has 0 atom stereocenters. The zero-order valence-electron chi connectivity index (χ0n) is 18.1. The summed E-state index contributed by atoms with van der Waals surface area (Å²) >= 11 is 0. The van der Waals surface area contributed by atoms with Crippen LogP contribution in [-0.4, -0.2) is 45.8 Å². The second-order valence-corrected chi connectivity index (χ2v) is 10.2. The molecule has 0 aromatic heterocycles. The van der Waals surface area contributed by atoms with Gasteiger partial charge in [-0.1, -0.05) is 36.8 Å². The molecule has 1 aliphatic rings. The molecule has 2 N–H and O–H groups in total. The highest BCUT2D eigenvalue weighted by atomic mass is 32.2. The van der Waals surface area contributed by atoms with Crippen molar-refractivity contribution in [3.63, 3.8) is 0 Å². The first-order valence-electron chi connectivity index (χ1n) is 10.5. The molecule has 0 radical (unpaired) electrons. The van der Waals surface area contributed by atoms with E-state index in [1.165, 1.54) is 16.5 Å². The molecule has 0 saturated carbocycles. The van der Waals surface area contributed by atoms with Crippen molar-refractivity contribution in [1.29, 1.82) is 0 Å². The fraction of sp³-hybridized carbons (Fsp3) is 0.435. The Morgan fingerprint density at radius 2 is 1.70 bits per heavy atom. The Bertz CT molecular complexity index is 997. The Morgan fingerprint density at radius 3 is 2.37 bits per heavy atom. The third-order valence-electron chi connectivity index (χ3n) is 5.48. The molecule has 1 fully saturated rings. The number of piperidine rings is 1. The van der Waals surface area contributed by atoms with Crippen LogP contribution < -0.4 is 10.2 Å². The Labute approximate surface area is 179 Å². The smallest absolute Gasteiger partial charge is 0.251 e. The van der Waals surface area contributed by atoms with Gasteiger partial charge in [0, 0.05) is 30.8 Å². The normalized spacial score (nSPS) is 15.3. The molecule has 1 aliphatic heterocycles. The van der Waals surface area contributed by atoms with Crippen LogP contribution in [0.1, 0.15) is 46.3 Å². The monoisotopic (exact) mass is 430 g/mol. The Morgan fingerprint density at radius 1 is 1.03 bits per heavy atom. The number of benzene rings is 2. The molecule has 3 rings (SSSR count). The quantitative estimate of drug-likeness (QED) is 0.703. The van der Waals surface area contributed by atoms with E-state index < -0.39 is 10.0 Å². The molecule has 6 nitrogen and oxygen atoms in total. The summed E-state index contributed by atoms with van der Waals surface area (Å²) in [6.45, 7) is 4.14. The molecular formula is C23H32N3O3S+. The van der Waals surface area contributed by atoms with E-state index in [1.807, 2.05) is 18.2 Å². The number of carbonyl (C=O) groups is 1. The van der Waals surface area contributed by atoms with Gasteiger partial charge in [-0.15, -0.1) is 0 Å². The first-order valence-corrected chi connectivity index (χ1v) is 12.0. The van der Waals surface area contributed by atoms with Crippen molar-refractivity contribution in [2.75, 3.05) is 27.2 Å². The maximum atomic E-state index is 13.1. The van der Waals surface area contributed by atoms with Crippen LogP contribution in [0.2, 0.25) is 0 Å². The third kappa shape index (κ3) is 5.28. The maximum Gasteiger partial charge on any atom is 0.251 e. The maximum absolute atomic E-state index is 13.1. The molecule has 0 bridgehead atoms. The minimum Gasteiger partial charge on any atom is -0.348 e. The van der Waals surface area contributed by atoms with Gasteiger partial charge in [0.1, 0.15) is 6.54 Å².